The summed E-state index contributed by atoms with van der Waals surface area (Å²) in [5.41, 5.74) is 12.8. The monoisotopic (exact) mass is 342 g/mol. The molecule has 0 aliphatic carbocycles. The van der Waals surface area contributed by atoms with Gasteiger partial charge in [-0.25, -0.2) is 0 Å². The van der Waals surface area contributed by atoms with Crippen molar-refractivity contribution in [1.82, 2.24) is 0 Å². The first kappa shape index (κ1) is 15.8. The molecular weight excluding hydrogens is 324 g/mol. The van der Waals surface area contributed by atoms with Crippen LogP contribution in [0.1, 0.15) is 0 Å². The van der Waals surface area contributed by atoms with E-state index in [4.69, 9.17) is 20.9 Å². The molecule has 4 rings (SSSR count). The van der Waals surface area contributed by atoms with Gasteiger partial charge in [-0.05, 0) is 78.2 Å². The SMILES string of the molecule is Nc1ccc(Oc2ccc3c(Oc4ccc(N)cc4)cccc3c2)cc1. The predicted molar refractivity (Wildman–Crippen MR) is 106 cm³/mol. The molecule has 0 fully saturated rings. The zero-order valence-corrected chi connectivity index (χ0v) is 14.1. The number of hydrogen-bond donors (Lipinski definition) is 2. The smallest absolute Gasteiger partial charge is 0.135 e. The van der Waals surface area contributed by atoms with Crippen molar-refractivity contribution in [2.45, 2.75) is 0 Å². The second kappa shape index (κ2) is 6.69. The lowest BCUT2D eigenvalue weighted by molar-refractivity contribution is 0.482. The molecule has 4 heteroatoms. The highest BCUT2D eigenvalue weighted by Crippen LogP contribution is 2.33. The van der Waals surface area contributed by atoms with E-state index in [0.717, 1.165) is 33.8 Å². The van der Waals surface area contributed by atoms with E-state index in [9.17, 15) is 0 Å². The molecular formula is C22H18N2O2. The van der Waals surface area contributed by atoms with Crippen molar-refractivity contribution in [3.05, 3.63) is 84.9 Å². The second-order valence-corrected chi connectivity index (χ2v) is 5.98. The molecule has 4 aromatic rings. The van der Waals surface area contributed by atoms with Crippen LogP contribution >= 0.6 is 0 Å². The Kier molecular flexibility index (Phi) is 4.07. The van der Waals surface area contributed by atoms with Gasteiger partial charge in [-0.2, -0.15) is 0 Å². The Morgan fingerprint density at radius 1 is 0.538 bits per heavy atom. The Bertz CT molecular complexity index is 1040. The maximum absolute atomic E-state index is 6.01. The third-order valence-electron chi connectivity index (χ3n) is 4.04. The fraction of sp³-hybridized carbons (Fsp3) is 0. The first-order chi connectivity index (χ1) is 12.7. The number of rotatable bonds is 4. The van der Waals surface area contributed by atoms with Crippen LogP contribution in [0.15, 0.2) is 84.9 Å². The van der Waals surface area contributed by atoms with Crippen molar-refractivity contribution in [2.24, 2.45) is 0 Å². The fourth-order valence-electron chi connectivity index (χ4n) is 2.72. The highest BCUT2D eigenvalue weighted by molar-refractivity contribution is 5.89. The van der Waals surface area contributed by atoms with Crippen molar-refractivity contribution in [3.8, 4) is 23.0 Å². The molecule has 4 N–H and O–H groups in total. The Labute approximate surface area is 151 Å². The summed E-state index contributed by atoms with van der Waals surface area (Å²) in [6.07, 6.45) is 0. The van der Waals surface area contributed by atoms with Gasteiger partial charge in [0.05, 0.1) is 0 Å². The van der Waals surface area contributed by atoms with Gasteiger partial charge in [-0.15, -0.1) is 0 Å². The summed E-state index contributed by atoms with van der Waals surface area (Å²) < 4.78 is 11.9. The summed E-state index contributed by atoms with van der Waals surface area (Å²) in [6, 6.07) is 26.5. The normalized spacial score (nSPS) is 10.6. The number of nitrogens with two attached hydrogens (primary N) is 2. The molecule has 0 radical (unpaired) electrons. The zero-order chi connectivity index (χ0) is 17.9. The van der Waals surface area contributed by atoms with Gasteiger partial charge in [0, 0.05) is 16.8 Å². The lowest BCUT2D eigenvalue weighted by Gasteiger charge is -2.11. The molecule has 26 heavy (non-hydrogen) atoms. The number of hydrogen-bond acceptors (Lipinski definition) is 4. The van der Waals surface area contributed by atoms with Crippen molar-refractivity contribution >= 4 is 22.1 Å². The summed E-state index contributed by atoms with van der Waals surface area (Å²) in [7, 11) is 0. The summed E-state index contributed by atoms with van der Waals surface area (Å²) in [5.74, 6) is 3.03. The number of anilines is 2. The van der Waals surface area contributed by atoms with Crippen molar-refractivity contribution in [3.63, 3.8) is 0 Å². The van der Waals surface area contributed by atoms with Crippen molar-refractivity contribution < 1.29 is 9.47 Å². The molecule has 0 aliphatic rings. The minimum Gasteiger partial charge on any atom is -0.457 e. The van der Waals surface area contributed by atoms with E-state index in [1.165, 1.54) is 0 Å². The molecule has 0 unspecified atom stereocenters. The lowest BCUT2D eigenvalue weighted by Crippen LogP contribution is -1.89. The van der Waals surface area contributed by atoms with Crippen LogP contribution in [0, 0.1) is 0 Å². The standard InChI is InChI=1S/C22H18N2O2/c23-16-4-8-18(9-5-16)25-20-12-13-21-15(14-20)2-1-3-22(21)26-19-10-6-17(24)7-11-19/h1-14H,23-24H2. The maximum atomic E-state index is 6.01. The maximum Gasteiger partial charge on any atom is 0.135 e. The van der Waals surface area contributed by atoms with E-state index >= 15 is 0 Å². The number of ether oxygens (including phenoxy) is 2. The molecule has 0 saturated carbocycles. The van der Waals surface area contributed by atoms with Crippen LogP contribution < -0.4 is 20.9 Å². The molecule has 0 saturated heterocycles. The Hall–Kier alpha value is -3.66. The third kappa shape index (κ3) is 3.39. The van der Waals surface area contributed by atoms with Crippen LogP contribution in [-0.2, 0) is 0 Å². The average Bonchev–Trinajstić information content (AvgIpc) is 2.65. The largest absolute Gasteiger partial charge is 0.457 e. The lowest BCUT2D eigenvalue weighted by atomic mass is 10.1. The topological polar surface area (TPSA) is 70.5 Å². The number of benzene rings is 4. The molecule has 4 nitrogen and oxygen atoms in total. The zero-order valence-electron chi connectivity index (χ0n) is 14.1. The Morgan fingerprint density at radius 2 is 1.12 bits per heavy atom. The summed E-state index contributed by atoms with van der Waals surface area (Å²) in [5, 5.41) is 2.04. The first-order valence-electron chi connectivity index (χ1n) is 8.27. The van der Waals surface area contributed by atoms with Gasteiger partial charge in [-0.1, -0.05) is 12.1 Å². The van der Waals surface area contributed by atoms with Gasteiger partial charge in [0.1, 0.15) is 23.0 Å². The molecule has 0 atom stereocenters. The summed E-state index contributed by atoms with van der Waals surface area (Å²) >= 11 is 0. The molecule has 0 amide bonds. The number of nitrogen functional groups attached to an aromatic ring is 2. The molecule has 0 bridgehead atoms. The van der Waals surface area contributed by atoms with Crippen molar-refractivity contribution in [2.75, 3.05) is 11.5 Å². The van der Waals surface area contributed by atoms with E-state index < -0.39 is 0 Å². The number of fused-ring (bicyclic) bond motifs is 1. The van der Waals surface area contributed by atoms with Crippen LogP contribution in [0.25, 0.3) is 10.8 Å². The van der Waals surface area contributed by atoms with Crippen LogP contribution in [0.3, 0.4) is 0 Å². The van der Waals surface area contributed by atoms with Crippen LogP contribution in [0.4, 0.5) is 11.4 Å². The van der Waals surface area contributed by atoms with E-state index in [0.29, 0.717) is 11.4 Å². The second-order valence-electron chi connectivity index (χ2n) is 5.98. The molecule has 4 aromatic carbocycles. The van der Waals surface area contributed by atoms with Gasteiger partial charge in [0.2, 0.25) is 0 Å². The van der Waals surface area contributed by atoms with Crippen molar-refractivity contribution in [1.29, 1.82) is 0 Å². The van der Waals surface area contributed by atoms with Gasteiger partial charge < -0.3 is 20.9 Å². The minimum absolute atomic E-state index is 0.708. The Balaban J connectivity index is 1.62. The molecule has 128 valence electrons. The molecule has 0 aromatic heterocycles. The fourth-order valence-corrected chi connectivity index (χ4v) is 2.72. The summed E-state index contributed by atoms with van der Waals surface area (Å²) in [4.78, 5) is 0. The van der Waals surface area contributed by atoms with Crippen LogP contribution in [-0.4, -0.2) is 0 Å². The molecule has 0 spiro atoms. The van der Waals surface area contributed by atoms with Gasteiger partial charge in [-0.3, -0.25) is 0 Å². The summed E-state index contributed by atoms with van der Waals surface area (Å²) in [6.45, 7) is 0. The van der Waals surface area contributed by atoms with Gasteiger partial charge >= 0.3 is 0 Å². The van der Waals surface area contributed by atoms with E-state index in [-0.39, 0.29) is 0 Å². The highest BCUT2D eigenvalue weighted by Gasteiger charge is 2.06. The van der Waals surface area contributed by atoms with Gasteiger partial charge in [0.25, 0.3) is 0 Å². The van der Waals surface area contributed by atoms with Crippen LogP contribution in [0.5, 0.6) is 23.0 Å². The first-order valence-corrected chi connectivity index (χ1v) is 8.27. The van der Waals surface area contributed by atoms with Gasteiger partial charge in [0.15, 0.2) is 0 Å². The van der Waals surface area contributed by atoms with Crippen LogP contribution in [0.2, 0.25) is 0 Å². The quantitative estimate of drug-likeness (QED) is 0.474. The molecule has 0 heterocycles. The average molecular weight is 342 g/mol. The van der Waals surface area contributed by atoms with E-state index in [2.05, 4.69) is 0 Å². The third-order valence-corrected chi connectivity index (χ3v) is 4.04. The molecule has 0 aliphatic heterocycles. The Morgan fingerprint density at radius 3 is 1.77 bits per heavy atom. The minimum atomic E-state index is 0.708. The van der Waals surface area contributed by atoms with E-state index in [1.54, 1.807) is 0 Å². The highest BCUT2D eigenvalue weighted by atomic mass is 16.5. The van der Waals surface area contributed by atoms with E-state index in [1.807, 2.05) is 84.9 Å². The predicted octanol–water partition coefficient (Wildman–Crippen LogP) is 5.59.